The molecule has 0 bridgehead atoms. The highest BCUT2D eigenvalue weighted by Crippen LogP contribution is 2.08. The molecular formula is C19H34. The predicted octanol–water partition coefficient (Wildman–Crippen LogP) is 7.05. The average molecular weight is 262 g/mol. The maximum atomic E-state index is 3.87. The van der Waals surface area contributed by atoms with Gasteiger partial charge in [-0.3, -0.25) is 0 Å². The van der Waals surface area contributed by atoms with E-state index in [9.17, 15) is 0 Å². The van der Waals surface area contributed by atoms with E-state index in [0.717, 1.165) is 11.1 Å². The van der Waals surface area contributed by atoms with Gasteiger partial charge in [0.25, 0.3) is 0 Å². The SMILES string of the molecule is C=C/C=C\C(=C)C(=C)/C=C\C=C/C.CC.CC.CC. The van der Waals surface area contributed by atoms with E-state index < -0.39 is 0 Å². The van der Waals surface area contributed by atoms with Crippen molar-refractivity contribution < 1.29 is 0 Å². The van der Waals surface area contributed by atoms with Crippen LogP contribution in [-0.4, -0.2) is 0 Å². The quantitative estimate of drug-likeness (QED) is 0.465. The van der Waals surface area contributed by atoms with Gasteiger partial charge in [0.2, 0.25) is 0 Å². The Balaban J connectivity index is -0.000000163. The van der Waals surface area contributed by atoms with Gasteiger partial charge in [-0.1, -0.05) is 104 Å². The van der Waals surface area contributed by atoms with Gasteiger partial charge in [-0.05, 0) is 18.1 Å². The molecule has 0 fully saturated rings. The number of rotatable bonds is 5. The van der Waals surface area contributed by atoms with Crippen LogP contribution in [0, 0.1) is 0 Å². The Hall–Kier alpha value is -1.56. The van der Waals surface area contributed by atoms with E-state index in [0.29, 0.717) is 0 Å². The fourth-order valence-electron chi connectivity index (χ4n) is 0.681. The first-order valence-corrected chi connectivity index (χ1v) is 7.19. The third-order valence-electron chi connectivity index (χ3n) is 1.45. The van der Waals surface area contributed by atoms with Gasteiger partial charge in [-0.2, -0.15) is 0 Å². The van der Waals surface area contributed by atoms with Crippen LogP contribution in [0.3, 0.4) is 0 Å². The van der Waals surface area contributed by atoms with E-state index in [-0.39, 0.29) is 0 Å². The van der Waals surface area contributed by atoms with E-state index >= 15 is 0 Å². The topological polar surface area (TPSA) is 0 Å². The molecule has 0 aliphatic rings. The zero-order chi connectivity index (χ0) is 16.1. The summed E-state index contributed by atoms with van der Waals surface area (Å²) >= 11 is 0. The third kappa shape index (κ3) is 26.2. The van der Waals surface area contributed by atoms with Gasteiger partial charge in [-0.25, -0.2) is 0 Å². The summed E-state index contributed by atoms with van der Waals surface area (Å²) in [6, 6.07) is 0. The fraction of sp³-hybridized carbons (Fsp3) is 0.368. The Kier molecular flexibility index (Phi) is 41.1. The van der Waals surface area contributed by atoms with Crippen LogP contribution >= 0.6 is 0 Å². The Morgan fingerprint density at radius 3 is 1.37 bits per heavy atom. The van der Waals surface area contributed by atoms with Crippen LogP contribution in [0.15, 0.2) is 73.4 Å². The number of allylic oxidation sites excluding steroid dienone is 9. The van der Waals surface area contributed by atoms with Crippen molar-refractivity contribution in [1.82, 2.24) is 0 Å². The van der Waals surface area contributed by atoms with E-state index in [1.54, 1.807) is 6.08 Å². The van der Waals surface area contributed by atoms with Gasteiger partial charge in [0, 0.05) is 0 Å². The highest BCUT2D eigenvalue weighted by Gasteiger charge is 1.88. The molecule has 0 rings (SSSR count). The van der Waals surface area contributed by atoms with E-state index in [1.165, 1.54) is 0 Å². The summed E-state index contributed by atoms with van der Waals surface area (Å²) in [5.41, 5.74) is 1.82. The van der Waals surface area contributed by atoms with E-state index in [2.05, 4.69) is 19.7 Å². The minimum Gasteiger partial charge on any atom is -0.0991 e. The molecule has 0 aromatic carbocycles. The fourth-order valence-corrected chi connectivity index (χ4v) is 0.681. The second-order valence-electron chi connectivity index (χ2n) is 2.53. The third-order valence-corrected chi connectivity index (χ3v) is 1.45. The summed E-state index contributed by atoms with van der Waals surface area (Å²) in [7, 11) is 0. The molecule has 19 heavy (non-hydrogen) atoms. The van der Waals surface area contributed by atoms with Crippen molar-refractivity contribution in [3.05, 3.63) is 73.4 Å². The van der Waals surface area contributed by atoms with E-state index in [4.69, 9.17) is 0 Å². The van der Waals surface area contributed by atoms with Crippen LogP contribution in [0.25, 0.3) is 0 Å². The summed E-state index contributed by atoms with van der Waals surface area (Å²) in [4.78, 5) is 0. The first kappa shape index (κ1) is 26.1. The molecule has 0 heterocycles. The van der Waals surface area contributed by atoms with Crippen molar-refractivity contribution in [3.8, 4) is 0 Å². The maximum Gasteiger partial charge on any atom is -0.0262 e. The van der Waals surface area contributed by atoms with Crippen molar-refractivity contribution in [2.45, 2.75) is 48.5 Å². The average Bonchev–Trinajstić information content (AvgIpc) is 2.51. The summed E-state index contributed by atoms with van der Waals surface area (Å²) in [5, 5.41) is 0. The Morgan fingerprint density at radius 1 is 0.684 bits per heavy atom. The minimum absolute atomic E-state index is 0.903. The van der Waals surface area contributed by atoms with Crippen molar-refractivity contribution in [2.24, 2.45) is 0 Å². The Labute approximate surface area is 122 Å². The molecule has 0 spiro atoms. The van der Waals surface area contributed by atoms with E-state index in [1.807, 2.05) is 84.9 Å². The second-order valence-corrected chi connectivity index (χ2v) is 2.53. The summed E-state index contributed by atoms with van der Waals surface area (Å²) in [6.45, 7) is 25.3. The molecular weight excluding hydrogens is 228 g/mol. The molecule has 0 saturated carbocycles. The van der Waals surface area contributed by atoms with Gasteiger partial charge in [0.15, 0.2) is 0 Å². The lowest BCUT2D eigenvalue weighted by atomic mass is 10.1. The molecule has 0 atom stereocenters. The normalized spacial score (nSPS) is 8.79. The standard InChI is InChI=1S/C13H16.3C2H6/c1-5-7-9-11-13(4)12(3)10-8-6-2;3*1-2/h5-11H,2-4H2,1H3;3*1-2H3/b7-5-,10-8-,11-9-;;;. The molecule has 0 unspecified atom stereocenters. The van der Waals surface area contributed by atoms with Gasteiger partial charge >= 0.3 is 0 Å². The van der Waals surface area contributed by atoms with Crippen LogP contribution in [0.2, 0.25) is 0 Å². The Morgan fingerprint density at radius 2 is 1.05 bits per heavy atom. The van der Waals surface area contributed by atoms with Crippen LogP contribution in [0.5, 0.6) is 0 Å². The highest BCUT2D eigenvalue weighted by molar-refractivity contribution is 5.43. The zero-order valence-corrected chi connectivity index (χ0v) is 14.2. The van der Waals surface area contributed by atoms with Crippen molar-refractivity contribution in [2.75, 3.05) is 0 Å². The van der Waals surface area contributed by atoms with Crippen LogP contribution < -0.4 is 0 Å². The van der Waals surface area contributed by atoms with Gasteiger partial charge in [-0.15, -0.1) is 0 Å². The predicted molar refractivity (Wildman–Crippen MR) is 95.6 cm³/mol. The summed E-state index contributed by atoms with van der Waals surface area (Å²) in [6.07, 6.45) is 13.2. The molecule has 0 saturated heterocycles. The molecule has 0 nitrogen and oxygen atoms in total. The van der Waals surface area contributed by atoms with Crippen molar-refractivity contribution in [3.63, 3.8) is 0 Å². The molecule has 0 amide bonds. The lowest BCUT2D eigenvalue weighted by Crippen LogP contribution is -1.76. The lowest BCUT2D eigenvalue weighted by molar-refractivity contribution is 1.50. The second kappa shape index (κ2) is 29.9. The molecule has 0 aliphatic heterocycles. The summed E-state index contributed by atoms with van der Waals surface area (Å²) in [5.74, 6) is 0. The lowest BCUT2D eigenvalue weighted by Gasteiger charge is -1.96. The highest BCUT2D eigenvalue weighted by atomic mass is 13.9. The van der Waals surface area contributed by atoms with Crippen molar-refractivity contribution >= 4 is 0 Å². The molecule has 0 radical (unpaired) electrons. The van der Waals surface area contributed by atoms with Crippen molar-refractivity contribution in [1.29, 1.82) is 0 Å². The van der Waals surface area contributed by atoms with Gasteiger partial charge < -0.3 is 0 Å². The van der Waals surface area contributed by atoms with Gasteiger partial charge in [0.1, 0.15) is 0 Å². The monoisotopic (exact) mass is 262 g/mol. The smallest absolute Gasteiger partial charge is 0.0262 e. The first-order chi connectivity index (χ1) is 9.22. The zero-order valence-electron chi connectivity index (χ0n) is 14.2. The Bertz CT molecular complexity index is 272. The minimum atomic E-state index is 0.903. The van der Waals surface area contributed by atoms with Crippen LogP contribution in [-0.2, 0) is 0 Å². The van der Waals surface area contributed by atoms with Crippen LogP contribution in [0.4, 0.5) is 0 Å². The molecule has 0 aromatic heterocycles. The largest absolute Gasteiger partial charge is 0.0991 e. The number of hydrogen-bond acceptors (Lipinski definition) is 0. The summed E-state index contributed by atoms with van der Waals surface area (Å²) < 4.78 is 0. The first-order valence-electron chi connectivity index (χ1n) is 7.19. The molecule has 0 heteroatoms. The molecule has 110 valence electrons. The molecule has 0 aliphatic carbocycles. The van der Waals surface area contributed by atoms with Crippen LogP contribution in [0.1, 0.15) is 48.5 Å². The van der Waals surface area contributed by atoms with Gasteiger partial charge in [0.05, 0.1) is 0 Å². The molecule has 0 N–H and O–H groups in total. The number of hydrogen-bond donors (Lipinski definition) is 0. The maximum absolute atomic E-state index is 3.87. The molecule has 0 aromatic rings.